The fourth-order valence-corrected chi connectivity index (χ4v) is 4.64. The summed E-state index contributed by atoms with van der Waals surface area (Å²) < 4.78 is 35.2. The molecule has 3 rings (SSSR count). The highest BCUT2D eigenvalue weighted by Gasteiger charge is 2.27. The second-order valence-electron chi connectivity index (χ2n) is 5.98. The zero-order valence-corrected chi connectivity index (χ0v) is 15.1. The third kappa shape index (κ3) is 4.25. The molecule has 1 fully saturated rings. The number of nitrogens with one attached hydrogen (secondary N) is 1. The molecule has 1 atom stereocenters. The maximum absolute atomic E-state index is 12.6. The van der Waals surface area contributed by atoms with Crippen molar-refractivity contribution in [2.45, 2.75) is 26.4 Å². The molecule has 1 aromatic carbocycles. The van der Waals surface area contributed by atoms with Crippen LogP contribution in [0.4, 0.5) is 5.69 Å². The third-order valence-electron chi connectivity index (χ3n) is 3.94. The van der Waals surface area contributed by atoms with Crippen LogP contribution in [-0.4, -0.2) is 30.8 Å². The van der Waals surface area contributed by atoms with Crippen LogP contribution in [0.3, 0.4) is 0 Å². The van der Waals surface area contributed by atoms with E-state index in [1.54, 1.807) is 23.7 Å². The number of ether oxygens (including phenoxy) is 1. The molecule has 0 aliphatic carbocycles. The molecule has 0 radical (unpaired) electrons. The first-order valence-electron chi connectivity index (χ1n) is 7.91. The van der Waals surface area contributed by atoms with Crippen molar-refractivity contribution in [1.29, 1.82) is 0 Å². The van der Waals surface area contributed by atoms with Gasteiger partial charge in [0.05, 0.1) is 16.9 Å². The van der Waals surface area contributed by atoms with Crippen LogP contribution in [0.5, 0.6) is 5.75 Å². The summed E-state index contributed by atoms with van der Waals surface area (Å²) in [6.45, 7) is 3.49. The van der Waals surface area contributed by atoms with Gasteiger partial charge in [-0.05, 0) is 30.9 Å². The average Bonchev–Trinajstić information content (AvgIpc) is 3.07. The molecule has 1 unspecified atom stereocenters. The number of piperidine rings is 1. The number of nitrogens with zero attached hydrogens (tertiary/aromatic N) is 2. The van der Waals surface area contributed by atoms with Crippen molar-refractivity contribution < 1.29 is 13.2 Å². The Kier molecular flexibility index (Phi) is 5.37. The predicted molar refractivity (Wildman–Crippen MR) is 95.4 cm³/mol. The summed E-state index contributed by atoms with van der Waals surface area (Å²) in [6, 6.07) is 7.06. The lowest BCUT2D eigenvalue weighted by Gasteiger charge is -2.30. The maximum Gasteiger partial charge on any atom is 0.301 e. The molecular weight excluding hydrogens is 346 g/mol. The highest BCUT2D eigenvalue weighted by molar-refractivity contribution is 7.90. The summed E-state index contributed by atoms with van der Waals surface area (Å²) in [6.07, 6.45) is 1.96. The van der Waals surface area contributed by atoms with E-state index in [0.717, 1.165) is 18.5 Å². The van der Waals surface area contributed by atoms with Gasteiger partial charge in [-0.15, -0.1) is 11.3 Å². The molecular formula is C16H21N3O3S2. The lowest BCUT2D eigenvalue weighted by atomic mass is 10.0. The smallest absolute Gasteiger partial charge is 0.301 e. The number of hydrogen-bond donors (Lipinski definition) is 1. The third-order valence-corrected chi connectivity index (χ3v) is 6.07. The van der Waals surface area contributed by atoms with Crippen LogP contribution in [0, 0.1) is 5.92 Å². The molecule has 0 bridgehead atoms. The fourth-order valence-electron chi connectivity index (χ4n) is 2.71. The lowest BCUT2D eigenvalue weighted by Crippen LogP contribution is -2.42. The first-order valence-corrected chi connectivity index (χ1v) is 10.3. The summed E-state index contributed by atoms with van der Waals surface area (Å²) >= 11 is 1.50. The van der Waals surface area contributed by atoms with Crippen LogP contribution in [0.1, 0.15) is 25.5 Å². The SMILES string of the molecule is CC1CCCN(S(=O)(=O)Nc2ccccc2OCc2cscn2)C1. The molecule has 0 amide bonds. The van der Waals surface area contributed by atoms with Gasteiger partial charge in [-0.2, -0.15) is 12.7 Å². The van der Waals surface area contributed by atoms with E-state index >= 15 is 0 Å². The molecule has 2 heterocycles. The highest BCUT2D eigenvalue weighted by atomic mass is 32.2. The fraction of sp³-hybridized carbons (Fsp3) is 0.438. The molecule has 24 heavy (non-hydrogen) atoms. The molecule has 1 saturated heterocycles. The van der Waals surface area contributed by atoms with Crippen molar-refractivity contribution in [3.8, 4) is 5.75 Å². The summed E-state index contributed by atoms with van der Waals surface area (Å²) in [5, 5.41) is 1.90. The van der Waals surface area contributed by atoms with Gasteiger partial charge >= 0.3 is 10.2 Å². The Bertz CT molecular complexity index is 763. The number of anilines is 1. The Morgan fingerprint density at radius 1 is 1.42 bits per heavy atom. The van der Waals surface area contributed by atoms with Gasteiger partial charge in [0.25, 0.3) is 0 Å². The number of hydrogen-bond acceptors (Lipinski definition) is 5. The van der Waals surface area contributed by atoms with E-state index in [-0.39, 0.29) is 0 Å². The Labute approximate surface area is 146 Å². The highest BCUT2D eigenvalue weighted by Crippen LogP contribution is 2.27. The number of para-hydroxylation sites is 2. The minimum atomic E-state index is -3.57. The van der Waals surface area contributed by atoms with Gasteiger partial charge in [0.1, 0.15) is 12.4 Å². The average molecular weight is 367 g/mol. The van der Waals surface area contributed by atoms with E-state index in [1.165, 1.54) is 15.6 Å². The second kappa shape index (κ2) is 7.50. The largest absolute Gasteiger partial charge is 0.485 e. The molecule has 8 heteroatoms. The Morgan fingerprint density at radius 3 is 3.00 bits per heavy atom. The molecule has 6 nitrogen and oxygen atoms in total. The van der Waals surface area contributed by atoms with Gasteiger partial charge in [0.2, 0.25) is 0 Å². The minimum Gasteiger partial charge on any atom is -0.485 e. The molecule has 0 saturated carbocycles. The standard InChI is InChI=1S/C16H21N3O3S2/c1-13-5-4-8-19(9-13)24(20,21)18-15-6-2-3-7-16(15)22-10-14-11-23-12-17-14/h2-3,6-7,11-13,18H,4-5,8-10H2,1H3. The van der Waals surface area contributed by atoms with Crippen molar-refractivity contribution in [3.05, 3.63) is 40.8 Å². The van der Waals surface area contributed by atoms with Crippen LogP contribution in [0.25, 0.3) is 0 Å². The first-order chi connectivity index (χ1) is 11.5. The summed E-state index contributed by atoms with van der Waals surface area (Å²) in [7, 11) is -3.57. The van der Waals surface area contributed by atoms with E-state index in [2.05, 4.69) is 16.6 Å². The molecule has 1 aliphatic heterocycles. The van der Waals surface area contributed by atoms with E-state index in [4.69, 9.17) is 4.74 Å². The first kappa shape index (κ1) is 17.2. The van der Waals surface area contributed by atoms with Gasteiger partial charge < -0.3 is 4.74 Å². The Hall–Kier alpha value is -1.64. The van der Waals surface area contributed by atoms with Gasteiger partial charge in [0.15, 0.2) is 0 Å². The van der Waals surface area contributed by atoms with E-state index in [0.29, 0.717) is 37.1 Å². The van der Waals surface area contributed by atoms with Crippen LogP contribution >= 0.6 is 11.3 Å². The molecule has 1 N–H and O–H groups in total. The number of thiazole rings is 1. The second-order valence-corrected chi connectivity index (χ2v) is 8.37. The molecule has 2 aromatic rings. The molecule has 0 spiro atoms. The Morgan fingerprint density at radius 2 is 2.25 bits per heavy atom. The predicted octanol–water partition coefficient (Wildman–Crippen LogP) is 3.11. The summed E-state index contributed by atoms with van der Waals surface area (Å²) in [4.78, 5) is 4.16. The topological polar surface area (TPSA) is 71.5 Å². The summed E-state index contributed by atoms with van der Waals surface area (Å²) in [5.41, 5.74) is 3.01. The van der Waals surface area contributed by atoms with Crippen LogP contribution in [0.15, 0.2) is 35.2 Å². The number of rotatable bonds is 6. The van der Waals surface area contributed by atoms with Gasteiger partial charge in [-0.25, -0.2) is 4.98 Å². The van der Waals surface area contributed by atoms with E-state index in [1.807, 2.05) is 11.4 Å². The van der Waals surface area contributed by atoms with Crippen LogP contribution in [-0.2, 0) is 16.8 Å². The van der Waals surface area contributed by atoms with Gasteiger partial charge in [0, 0.05) is 18.5 Å². The van der Waals surface area contributed by atoms with Crippen LogP contribution < -0.4 is 9.46 Å². The van der Waals surface area contributed by atoms with Crippen molar-refractivity contribution in [3.63, 3.8) is 0 Å². The molecule has 130 valence electrons. The quantitative estimate of drug-likeness (QED) is 0.851. The summed E-state index contributed by atoms with van der Waals surface area (Å²) in [5.74, 6) is 0.880. The van der Waals surface area contributed by atoms with Gasteiger partial charge in [-0.1, -0.05) is 19.1 Å². The number of aromatic nitrogens is 1. The van der Waals surface area contributed by atoms with Gasteiger partial charge in [-0.3, -0.25) is 4.72 Å². The Balaban J connectivity index is 1.72. The molecule has 1 aromatic heterocycles. The van der Waals surface area contributed by atoms with Crippen molar-refractivity contribution in [2.24, 2.45) is 5.92 Å². The van der Waals surface area contributed by atoms with Crippen molar-refractivity contribution in [2.75, 3.05) is 17.8 Å². The zero-order valence-electron chi connectivity index (χ0n) is 13.5. The minimum absolute atomic E-state index is 0.309. The van der Waals surface area contributed by atoms with E-state index < -0.39 is 10.2 Å². The van der Waals surface area contributed by atoms with Crippen molar-refractivity contribution >= 4 is 27.2 Å². The normalized spacial score (nSPS) is 19.1. The zero-order chi connectivity index (χ0) is 17.0. The lowest BCUT2D eigenvalue weighted by molar-refractivity contribution is 0.282. The number of benzene rings is 1. The van der Waals surface area contributed by atoms with Crippen molar-refractivity contribution in [1.82, 2.24) is 9.29 Å². The maximum atomic E-state index is 12.6. The van der Waals surface area contributed by atoms with Crippen LogP contribution in [0.2, 0.25) is 0 Å². The monoisotopic (exact) mass is 367 g/mol. The van der Waals surface area contributed by atoms with E-state index in [9.17, 15) is 8.42 Å². The molecule has 1 aliphatic rings.